The lowest BCUT2D eigenvalue weighted by atomic mass is 9.56. The quantitative estimate of drug-likeness (QED) is 0.152. The lowest BCUT2D eigenvalue weighted by Gasteiger charge is -2.50. The predicted octanol–water partition coefficient (Wildman–Crippen LogP) is 5.77. The molecule has 9 nitrogen and oxygen atoms in total. The highest BCUT2D eigenvalue weighted by molar-refractivity contribution is 6.53. The second-order valence-corrected chi connectivity index (χ2v) is 13.9. The molecule has 3 fully saturated rings. The van der Waals surface area contributed by atoms with Gasteiger partial charge in [0.1, 0.15) is 17.2 Å². The standard InChI is InChI=1S/C37H32Cl2N2O7/c1-40-34(45)36(38)19-28-26(31(37(36,39)35(40)46)22-5-4-6-24(42)17-22)14-15-27-30(28)33(44)41(32(27)43)23-11-8-20(9-12-23)7-10-21-18-25(47-2)13-16-29(21)48-3/h4-14,16-18,27-28,30-31,42H,15,19H2,1-3H3/t27-,28+,30-,31-,36+,37-/m0/s1. The van der Waals surface area contributed by atoms with Crippen LogP contribution in [-0.2, 0) is 19.2 Å². The van der Waals surface area contributed by atoms with E-state index in [0.717, 1.165) is 16.0 Å². The average molecular weight is 688 g/mol. The predicted molar refractivity (Wildman–Crippen MR) is 181 cm³/mol. The number of anilines is 1. The Bertz CT molecular complexity index is 1940. The molecule has 2 heterocycles. The number of fused-ring (bicyclic) bond motifs is 4. The molecule has 48 heavy (non-hydrogen) atoms. The number of allylic oxidation sites excluding steroid dienone is 2. The summed E-state index contributed by atoms with van der Waals surface area (Å²) in [5.74, 6) is -3.77. The molecule has 1 N–H and O–H groups in total. The Balaban J connectivity index is 1.22. The van der Waals surface area contributed by atoms with Crippen LogP contribution in [-0.4, -0.2) is 64.7 Å². The largest absolute Gasteiger partial charge is 0.508 e. The maximum atomic E-state index is 14.3. The van der Waals surface area contributed by atoms with Crippen molar-refractivity contribution in [3.63, 3.8) is 0 Å². The summed E-state index contributed by atoms with van der Waals surface area (Å²) in [6.45, 7) is 0. The van der Waals surface area contributed by atoms with Crippen LogP contribution in [0, 0.1) is 17.8 Å². The number of carbonyl (C=O) groups is 4. The number of hydrogen-bond acceptors (Lipinski definition) is 7. The van der Waals surface area contributed by atoms with Gasteiger partial charge >= 0.3 is 0 Å². The number of imide groups is 2. The molecule has 0 unspecified atom stereocenters. The summed E-state index contributed by atoms with van der Waals surface area (Å²) < 4.78 is 10.8. The highest BCUT2D eigenvalue weighted by Gasteiger charge is 2.75. The maximum absolute atomic E-state index is 14.3. The zero-order valence-corrected chi connectivity index (χ0v) is 27.9. The molecule has 1 saturated carbocycles. The first-order valence-electron chi connectivity index (χ1n) is 15.5. The fraction of sp³-hybridized carbons (Fsp3) is 0.297. The molecule has 0 bridgehead atoms. The Labute approximate surface area is 287 Å². The molecule has 4 amide bonds. The van der Waals surface area contributed by atoms with Gasteiger partial charge in [0.2, 0.25) is 11.8 Å². The number of likely N-dealkylation sites (tertiary alicyclic amines) is 1. The van der Waals surface area contributed by atoms with E-state index < -0.39 is 51.1 Å². The average Bonchev–Trinajstić information content (AvgIpc) is 3.42. The van der Waals surface area contributed by atoms with Crippen LogP contribution in [0.15, 0.2) is 78.4 Å². The highest BCUT2D eigenvalue weighted by atomic mass is 35.5. The topological polar surface area (TPSA) is 113 Å². The molecule has 0 spiro atoms. The molecule has 3 aromatic carbocycles. The number of amides is 4. The smallest absolute Gasteiger partial charge is 0.253 e. The number of alkyl halides is 2. The van der Waals surface area contributed by atoms with Gasteiger partial charge < -0.3 is 14.6 Å². The molecule has 0 aromatic heterocycles. The first kappa shape index (κ1) is 32.0. The van der Waals surface area contributed by atoms with Crippen molar-refractivity contribution < 1.29 is 33.8 Å². The molecule has 2 aliphatic heterocycles. The number of carbonyl (C=O) groups excluding carboxylic acids is 4. The lowest BCUT2D eigenvalue weighted by molar-refractivity contribution is -0.138. The number of phenolic OH excluding ortho intramolecular Hbond substituents is 1. The maximum Gasteiger partial charge on any atom is 0.253 e. The molecular weight excluding hydrogens is 655 g/mol. The summed E-state index contributed by atoms with van der Waals surface area (Å²) in [6.07, 6.45) is 5.80. The summed E-state index contributed by atoms with van der Waals surface area (Å²) in [6, 6.07) is 18.9. The van der Waals surface area contributed by atoms with E-state index in [-0.39, 0.29) is 24.5 Å². The summed E-state index contributed by atoms with van der Waals surface area (Å²) in [4.78, 5) is 53.8. The number of nitrogens with zero attached hydrogens (tertiary/aromatic N) is 2. The summed E-state index contributed by atoms with van der Waals surface area (Å²) in [5, 5.41) is 10.4. The van der Waals surface area contributed by atoms with Crippen molar-refractivity contribution >= 4 is 64.7 Å². The van der Waals surface area contributed by atoms with E-state index in [9.17, 15) is 24.3 Å². The van der Waals surface area contributed by atoms with Gasteiger partial charge in [0.05, 0.1) is 31.7 Å². The first-order valence-corrected chi connectivity index (χ1v) is 16.3. The SMILES string of the molecule is COc1ccc(OC)c(C=Cc2ccc(N3C(=O)[C@H]4[C@H](CC=C5[C@H]4C[C@@]4(Cl)C(=O)N(C)C(=O)[C@@]4(Cl)[C@H]5c4cccc(O)c4)C3=O)cc2)c1. The molecule has 11 heteroatoms. The van der Waals surface area contributed by atoms with E-state index in [2.05, 4.69) is 0 Å². The number of methoxy groups -OCH3 is 2. The zero-order chi connectivity index (χ0) is 34.1. The summed E-state index contributed by atoms with van der Waals surface area (Å²) in [7, 11) is 4.53. The molecule has 6 atom stereocenters. The number of hydrogen-bond donors (Lipinski definition) is 1. The Morgan fingerprint density at radius 2 is 1.62 bits per heavy atom. The molecule has 7 rings (SSSR count). The van der Waals surface area contributed by atoms with Crippen molar-refractivity contribution in [2.24, 2.45) is 17.8 Å². The number of benzene rings is 3. The van der Waals surface area contributed by atoms with Gasteiger partial charge in [0.25, 0.3) is 11.8 Å². The van der Waals surface area contributed by atoms with Gasteiger partial charge in [-0.05, 0) is 72.4 Å². The summed E-state index contributed by atoms with van der Waals surface area (Å²) in [5.41, 5.74) is 3.24. The van der Waals surface area contributed by atoms with E-state index in [1.165, 1.54) is 24.1 Å². The highest BCUT2D eigenvalue weighted by Crippen LogP contribution is 2.65. The van der Waals surface area contributed by atoms with E-state index in [4.69, 9.17) is 32.7 Å². The molecule has 0 radical (unpaired) electrons. The van der Waals surface area contributed by atoms with E-state index in [1.807, 2.05) is 48.6 Å². The van der Waals surface area contributed by atoms with Crippen molar-refractivity contribution in [1.82, 2.24) is 4.90 Å². The van der Waals surface area contributed by atoms with Crippen molar-refractivity contribution in [2.45, 2.75) is 28.5 Å². The van der Waals surface area contributed by atoms with Crippen LogP contribution in [0.4, 0.5) is 5.69 Å². The van der Waals surface area contributed by atoms with E-state index in [1.54, 1.807) is 38.5 Å². The van der Waals surface area contributed by atoms with Crippen LogP contribution in [0.1, 0.15) is 35.4 Å². The van der Waals surface area contributed by atoms with Gasteiger partial charge in [-0.1, -0.05) is 48.1 Å². The van der Waals surface area contributed by atoms with Crippen LogP contribution in [0.3, 0.4) is 0 Å². The number of rotatable bonds is 6. The minimum Gasteiger partial charge on any atom is -0.508 e. The minimum absolute atomic E-state index is 0.0475. The van der Waals surface area contributed by atoms with Gasteiger partial charge in [-0.25, -0.2) is 0 Å². The normalized spacial score (nSPS) is 29.6. The van der Waals surface area contributed by atoms with E-state index in [0.29, 0.717) is 28.3 Å². The summed E-state index contributed by atoms with van der Waals surface area (Å²) >= 11 is 14.4. The number of aromatic hydroxyl groups is 1. The zero-order valence-electron chi connectivity index (χ0n) is 26.4. The van der Waals surface area contributed by atoms with Crippen molar-refractivity contribution in [1.29, 1.82) is 0 Å². The molecule has 2 saturated heterocycles. The lowest BCUT2D eigenvalue weighted by Crippen LogP contribution is -2.60. The van der Waals surface area contributed by atoms with E-state index >= 15 is 0 Å². The fourth-order valence-electron chi connectivity index (χ4n) is 7.97. The number of halogens is 2. The molecule has 4 aliphatic rings. The fourth-order valence-corrected chi connectivity index (χ4v) is 8.99. The van der Waals surface area contributed by atoms with Crippen molar-refractivity contribution in [2.75, 3.05) is 26.2 Å². The Morgan fingerprint density at radius 3 is 2.31 bits per heavy atom. The van der Waals surface area contributed by atoms with Gasteiger partial charge in [0, 0.05) is 18.5 Å². The van der Waals surface area contributed by atoms with Crippen molar-refractivity contribution in [3.8, 4) is 17.2 Å². The third kappa shape index (κ3) is 4.51. The monoisotopic (exact) mass is 686 g/mol. The van der Waals surface area contributed by atoms with Gasteiger partial charge in [-0.3, -0.25) is 29.0 Å². The van der Waals surface area contributed by atoms with Crippen LogP contribution in [0.5, 0.6) is 17.2 Å². The second kappa shape index (κ2) is 11.5. The van der Waals surface area contributed by atoms with Crippen LogP contribution in [0.25, 0.3) is 12.2 Å². The van der Waals surface area contributed by atoms with Gasteiger partial charge in [-0.15, -0.1) is 23.2 Å². The molecular formula is C37H32Cl2N2O7. The molecule has 246 valence electrons. The van der Waals surface area contributed by atoms with Crippen LogP contribution in [0.2, 0.25) is 0 Å². The van der Waals surface area contributed by atoms with Crippen LogP contribution >= 0.6 is 23.2 Å². The third-order valence-corrected chi connectivity index (χ3v) is 11.7. The first-order chi connectivity index (χ1) is 22.9. The van der Waals surface area contributed by atoms with Gasteiger partial charge in [0.15, 0.2) is 9.75 Å². The Morgan fingerprint density at radius 1 is 0.875 bits per heavy atom. The molecule has 3 aromatic rings. The minimum atomic E-state index is -1.90. The van der Waals surface area contributed by atoms with Crippen LogP contribution < -0.4 is 14.4 Å². The third-order valence-electron chi connectivity index (χ3n) is 10.3. The second-order valence-electron chi connectivity index (χ2n) is 12.6. The van der Waals surface area contributed by atoms with Crippen molar-refractivity contribution in [3.05, 3.63) is 95.1 Å². The Kier molecular flexibility index (Phi) is 7.68. The number of phenols is 1. The number of ether oxygens (including phenoxy) is 2. The Hall–Kier alpha value is -4.60. The molecule has 2 aliphatic carbocycles. The van der Waals surface area contributed by atoms with Gasteiger partial charge in [-0.2, -0.15) is 0 Å².